The molecule has 0 spiro atoms. The van der Waals surface area contributed by atoms with Gasteiger partial charge in [0, 0.05) is 10.8 Å². The van der Waals surface area contributed by atoms with E-state index in [-0.39, 0.29) is 22.0 Å². The van der Waals surface area contributed by atoms with Crippen molar-refractivity contribution < 1.29 is 9.90 Å². The van der Waals surface area contributed by atoms with E-state index in [1.54, 1.807) is 18.2 Å². The van der Waals surface area contributed by atoms with Crippen LogP contribution in [0.25, 0.3) is 21.8 Å². The molecule has 3 rings (SSSR count). The number of aryl methyl sites for hydroxylation is 2. The van der Waals surface area contributed by atoms with Crippen LogP contribution in [-0.2, 0) is 11.3 Å². The van der Waals surface area contributed by atoms with Crippen molar-refractivity contribution in [1.82, 2.24) is 4.57 Å². The number of nitrogens with zero attached hydrogens (tertiary/aromatic N) is 1. The number of carboxylic acid groups (broad SMARTS) is 1. The summed E-state index contributed by atoms with van der Waals surface area (Å²) in [7, 11) is 0. The molecule has 0 aliphatic heterocycles. The topological polar surface area (TPSA) is 59.3 Å². The number of carbonyl (C=O) groups is 1. The maximum absolute atomic E-state index is 12.9. The lowest BCUT2D eigenvalue weighted by atomic mass is 10.0. The van der Waals surface area contributed by atoms with Crippen LogP contribution in [0.15, 0.2) is 29.1 Å². The Bertz CT molecular complexity index is 1040. The second-order valence-corrected chi connectivity index (χ2v) is 6.25. The summed E-state index contributed by atoms with van der Waals surface area (Å²) in [6.45, 7) is 3.46. The maximum atomic E-state index is 12.9. The largest absolute Gasteiger partial charge is 0.480 e. The van der Waals surface area contributed by atoms with Crippen molar-refractivity contribution in [3.8, 4) is 0 Å². The Labute approximate surface area is 141 Å². The van der Waals surface area contributed by atoms with Gasteiger partial charge in [-0.1, -0.05) is 29.3 Å². The highest BCUT2D eigenvalue weighted by Crippen LogP contribution is 2.32. The zero-order valence-corrected chi connectivity index (χ0v) is 14.0. The van der Waals surface area contributed by atoms with Gasteiger partial charge >= 0.3 is 5.97 Å². The second-order valence-electron chi connectivity index (χ2n) is 5.47. The monoisotopic (exact) mass is 349 g/mol. The number of hydrogen-bond donors (Lipinski definition) is 1. The average Bonchev–Trinajstić information content (AvgIpc) is 2.49. The van der Waals surface area contributed by atoms with E-state index in [0.29, 0.717) is 21.8 Å². The molecule has 0 aliphatic rings. The average molecular weight is 350 g/mol. The first-order valence-electron chi connectivity index (χ1n) is 6.95. The molecular weight excluding hydrogens is 337 g/mol. The van der Waals surface area contributed by atoms with Gasteiger partial charge in [-0.15, -0.1) is 0 Å². The molecule has 1 heterocycles. The normalized spacial score (nSPS) is 11.3. The fourth-order valence-corrected chi connectivity index (χ4v) is 3.27. The molecule has 0 atom stereocenters. The highest BCUT2D eigenvalue weighted by molar-refractivity contribution is 6.45. The van der Waals surface area contributed by atoms with Gasteiger partial charge in [-0.25, -0.2) is 0 Å². The van der Waals surface area contributed by atoms with Crippen LogP contribution in [0.3, 0.4) is 0 Å². The van der Waals surface area contributed by atoms with E-state index in [9.17, 15) is 14.7 Å². The van der Waals surface area contributed by atoms with Crippen LogP contribution in [-0.4, -0.2) is 15.6 Å². The minimum absolute atomic E-state index is 0.170. The minimum atomic E-state index is -1.02. The van der Waals surface area contributed by atoms with Crippen molar-refractivity contribution in [2.45, 2.75) is 20.4 Å². The lowest BCUT2D eigenvalue weighted by Crippen LogP contribution is -2.17. The molecule has 3 aromatic rings. The number of hydrogen-bond acceptors (Lipinski definition) is 2. The van der Waals surface area contributed by atoms with E-state index in [0.717, 1.165) is 11.1 Å². The van der Waals surface area contributed by atoms with Gasteiger partial charge in [0.1, 0.15) is 6.54 Å². The molecule has 0 amide bonds. The van der Waals surface area contributed by atoms with Crippen molar-refractivity contribution in [2.75, 3.05) is 0 Å². The summed E-state index contributed by atoms with van der Waals surface area (Å²) in [4.78, 5) is 24.2. The molecule has 0 saturated carbocycles. The van der Waals surface area contributed by atoms with Crippen molar-refractivity contribution in [2.24, 2.45) is 0 Å². The van der Waals surface area contributed by atoms with Crippen LogP contribution in [0.1, 0.15) is 11.1 Å². The van der Waals surface area contributed by atoms with E-state index in [4.69, 9.17) is 23.2 Å². The number of rotatable bonds is 2. The van der Waals surface area contributed by atoms with Crippen molar-refractivity contribution >= 4 is 51.0 Å². The number of benzene rings is 2. The van der Waals surface area contributed by atoms with Crippen LogP contribution in [0.2, 0.25) is 10.0 Å². The quantitative estimate of drug-likeness (QED) is 0.706. The summed E-state index contributed by atoms with van der Waals surface area (Å²) < 4.78 is 1.54. The van der Waals surface area contributed by atoms with Crippen LogP contribution in [0.5, 0.6) is 0 Å². The first kappa shape index (κ1) is 15.8. The Balaban J connectivity index is 2.68. The smallest absolute Gasteiger partial charge is 0.323 e. The van der Waals surface area contributed by atoms with Crippen molar-refractivity contribution in [1.29, 1.82) is 0 Å². The molecule has 118 valence electrons. The lowest BCUT2D eigenvalue weighted by Gasteiger charge is -2.17. The summed E-state index contributed by atoms with van der Waals surface area (Å²) in [6, 6.07) is 6.75. The van der Waals surface area contributed by atoms with Gasteiger partial charge in [0.15, 0.2) is 5.43 Å². The molecule has 1 aromatic heterocycles. The molecule has 1 N–H and O–H groups in total. The summed E-state index contributed by atoms with van der Waals surface area (Å²) >= 11 is 12.3. The van der Waals surface area contributed by atoms with Gasteiger partial charge in [-0.3, -0.25) is 9.59 Å². The van der Waals surface area contributed by atoms with Gasteiger partial charge < -0.3 is 9.67 Å². The predicted molar refractivity (Wildman–Crippen MR) is 92.8 cm³/mol. The van der Waals surface area contributed by atoms with Crippen molar-refractivity contribution in [3.05, 3.63) is 55.7 Å². The van der Waals surface area contributed by atoms with E-state index < -0.39 is 5.97 Å². The maximum Gasteiger partial charge on any atom is 0.323 e. The summed E-state index contributed by atoms with van der Waals surface area (Å²) in [6.07, 6.45) is 0. The van der Waals surface area contributed by atoms with Crippen molar-refractivity contribution in [3.63, 3.8) is 0 Å². The molecular formula is C17H13Cl2NO3. The molecule has 0 fully saturated rings. The third kappa shape index (κ3) is 2.38. The molecule has 6 heteroatoms. The molecule has 0 unspecified atom stereocenters. The van der Waals surface area contributed by atoms with Crippen LogP contribution in [0.4, 0.5) is 0 Å². The lowest BCUT2D eigenvalue weighted by molar-refractivity contribution is -0.137. The fraction of sp³-hybridized carbons (Fsp3) is 0.176. The van der Waals surface area contributed by atoms with Gasteiger partial charge in [0.2, 0.25) is 0 Å². The highest BCUT2D eigenvalue weighted by Gasteiger charge is 2.18. The molecule has 0 saturated heterocycles. The molecule has 4 nitrogen and oxygen atoms in total. The third-order valence-corrected chi connectivity index (χ3v) is 4.90. The third-order valence-electron chi connectivity index (χ3n) is 4.11. The Hall–Kier alpha value is -2.04. The predicted octanol–water partition coefficient (Wildman–Crippen LogP) is 4.16. The number of fused-ring (bicyclic) bond motifs is 2. The molecule has 2 aromatic carbocycles. The van der Waals surface area contributed by atoms with Crippen LogP contribution >= 0.6 is 23.2 Å². The summed E-state index contributed by atoms with van der Waals surface area (Å²) in [5, 5.41) is 10.6. The second kappa shape index (κ2) is 5.55. The van der Waals surface area contributed by atoms with E-state index >= 15 is 0 Å². The molecule has 0 aliphatic carbocycles. The molecule has 0 radical (unpaired) electrons. The summed E-state index contributed by atoms with van der Waals surface area (Å²) in [5.74, 6) is -1.02. The summed E-state index contributed by atoms with van der Waals surface area (Å²) in [5.41, 5.74) is 2.52. The SMILES string of the molecule is Cc1ccc2c(c1C)c(=O)c1ccc(Cl)c(Cl)c1n2CC(=O)O. The Morgan fingerprint density at radius 3 is 2.52 bits per heavy atom. The molecule has 23 heavy (non-hydrogen) atoms. The first-order valence-corrected chi connectivity index (χ1v) is 7.70. The number of aliphatic carboxylic acids is 1. The zero-order valence-electron chi connectivity index (χ0n) is 12.5. The van der Waals surface area contributed by atoms with Crippen LogP contribution in [0, 0.1) is 13.8 Å². The molecule has 0 bridgehead atoms. The minimum Gasteiger partial charge on any atom is -0.480 e. The number of pyridine rings is 1. The number of aromatic nitrogens is 1. The first-order chi connectivity index (χ1) is 10.8. The van der Waals surface area contributed by atoms with E-state index in [1.165, 1.54) is 4.57 Å². The standard InChI is InChI=1S/C17H13Cl2NO3/c1-8-3-6-12-14(9(8)2)17(23)10-4-5-11(18)15(19)16(10)20(12)7-13(21)22/h3-6H,7H2,1-2H3,(H,21,22). The zero-order chi connectivity index (χ0) is 16.9. The fourth-order valence-electron chi connectivity index (χ4n) is 2.85. The van der Waals surface area contributed by atoms with E-state index in [2.05, 4.69) is 0 Å². The van der Waals surface area contributed by atoms with Gasteiger partial charge in [0.25, 0.3) is 0 Å². The Morgan fingerprint density at radius 2 is 1.87 bits per heavy atom. The van der Waals surface area contributed by atoms with Crippen LogP contribution < -0.4 is 5.43 Å². The Kier molecular flexibility index (Phi) is 3.82. The van der Waals surface area contributed by atoms with E-state index in [1.807, 2.05) is 19.9 Å². The van der Waals surface area contributed by atoms with Gasteiger partial charge in [-0.05, 0) is 43.2 Å². The van der Waals surface area contributed by atoms with Gasteiger partial charge in [-0.2, -0.15) is 0 Å². The van der Waals surface area contributed by atoms with Gasteiger partial charge in [0.05, 0.1) is 21.1 Å². The highest BCUT2D eigenvalue weighted by atomic mass is 35.5. The Morgan fingerprint density at radius 1 is 1.17 bits per heavy atom. The number of carboxylic acids is 1. The number of halogens is 2.